The summed E-state index contributed by atoms with van der Waals surface area (Å²) in [7, 11) is 0. The predicted octanol–water partition coefficient (Wildman–Crippen LogP) is 3.92. The van der Waals surface area contributed by atoms with Crippen LogP contribution in [-0.2, 0) is 5.72 Å². The number of hydrogen-bond donors (Lipinski definition) is 0. The van der Waals surface area contributed by atoms with Gasteiger partial charge in [-0.1, -0.05) is 42.1 Å². The second-order valence-corrected chi connectivity index (χ2v) is 7.15. The fraction of sp³-hybridized carbons (Fsp3) is 0.278. The van der Waals surface area contributed by atoms with Crippen LogP contribution < -0.4 is 4.74 Å². The van der Waals surface area contributed by atoms with Crippen LogP contribution in [0.2, 0.25) is 0 Å². The molecule has 2 bridgehead atoms. The largest absolute Gasteiger partial charge is 0.461 e. The molecule has 1 fully saturated rings. The first-order valence-electron chi connectivity index (χ1n) is 7.78. The first-order valence-corrected chi connectivity index (χ1v) is 8.77. The van der Waals surface area contributed by atoms with E-state index in [0.29, 0.717) is 0 Å². The van der Waals surface area contributed by atoms with Gasteiger partial charge in [0.25, 0.3) is 0 Å². The monoisotopic (exact) mass is 326 g/mol. The number of halogens is 1. The maximum Gasteiger partial charge on any atom is 0.231 e. The van der Waals surface area contributed by atoms with Crippen molar-refractivity contribution in [1.29, 1.82) is 0 Å². The fourth-order valence-electron chi connectivity index (χ4n) is 3.70. The van der Waals surface area contributed by atoms with Gasteiger partial charge in [0, 0.05) is 29.8 Å². The SMILES string of the molecule is Fc1ccc([C@@]23C[C@H](c4ccccc4O2)N2CCSC2=N3)cc1. The number of ether oxygens (including phenoxy) is 1. The lowest BCUT2D eigenvalue weighted by Gasteiger charge is -2.47. The Labute approximate surface area is 138 Å². The van der Waals surface area contributed by atoms with Crippen LogP contribution in [-0.4, -0.2) is 22.4 Å². The maximum absolute atomic E-state index is 13.3. The van der Waals surface area contributed by atoms with Crippen LogP contribution in [0.5, 0.6) is 5.75 Å². The van der Waals surface area contributed by atoms with E-state index in [1.54, 1.807) is 23.9 Å². The zero-order valence-corrected chi connectivity index (χ0v) is 13.2. The molecule has 0 radical (unpaired) electrons. The van der Waals surface area contributed by atoms with E-state index >= 15 is 0 Å². The highest BCUT2D eigenvalue weighted by molar-refractivity contribution is 8.14. The molecular formula is C18H15FN2OS. The molecule has 2 atom stereocenters. The minimum atomic E-state index is -0.740. The Morgan fingerprint density at radius 2 is 2.00 bits per heavy atom. The van der Waals surface area contributed by atoms with Crippen LogP contribution in [0.25, 0.3) is 0 Å². The van der Waals surface area contributed by atoms with Crippen molar-refractivity contribution in [2.45, 2.75) is 18.2 Å². The van der Waals surface area contributed by atoms with Crippen molar-refractivity contribution in [3.8, 4) is 5.75 Å². The summed E-state index contributed by atoms with van der Waals surface area (Å²) in [5.74, 6) is 1.70. The third-order valence-electron chi connectivity index (χ3n) is 4.78. The van der Waals surface area contributed by atoms with E-state index in [1.807, 2.05) is 12.1 Å². The average Bonchev–Trinajstić information content (AvgIpc) is 3.03. The molecule has 0 N–H and O–H groups in total. The first kappa shape index (κ1) is 13.4. The number of aliphatic imine (C=N–C) groups is 1. The molecule has 3 heterocycles. The molecule has 0 aromatic heterocycles. The van der Waals surface area contributed by atoms with Crippen LogP contribution in [0, 0.1) is 5.82 Å². The van der Waals surface area contributed by atoms with E-state index < -0.39 is 5.72 Å². The zero-order valence-electron chi connectivity index (χ0n) is 12.4. The number of benzene rings is 2. The van der Waals surface area contributed by atoms with Gasteiger partial charge in [-0.05, 0) is 18.2 Å². The standard InChI is InChI=1S/C18H15FN2OS/c19-13-7-5-12(6-8-13)18-11-15(21-9-10-23-17(21)20-18)14-3-1-2-4-16(14)22-18/h1-8,15H,9-11H2/t15-,18-/m1/s1. The minimum Gasteiger partial charge on any atom is -0.461 e. The number of nitrogens with zero attached hydrogens (tertiary/aromatic N) is 2. The van der Waals surface area contributed by atoms with E-state index in [1.165, 1.54) is 17.7 Å². The third-order valence-corrected chi connectivity index (χ3v) is 5.75. The summed E-state index contributed by atoms with van der Waals surface area (Å²) >= 11 is 1.78. The number of hydrogen-bond acceptors (Lipinski definition) is 4. The molecular weight excluding hydrogens is 311 g/mol. The Balaban J connectivity index is 1.71. The van der Waals surface area contributed by atoms with Crippen molar-refractivity contribution in [3.63, 3.8) is 0 Å². The Kier molecular flexibility index (Phi) is 2.77. The van der Waals surface area contributed by atoms with Gasteiger partial charge in [-0.25, -0.2) is 9.38 Å². The zero-order chi connectivity index (χ0) is 15.4. The predicted molar refractivity (Wildman–Crippen MR) is 89.1 cm³/mol. The van der Waals surface area contributed by atoms with Crippen molar-refractivity contribution < 1.29 is 9.13 Å². The number of thioether (sulfide) groups is 1. The summed E-state index contributed by atoms with van der Waals surface area (Å²) in [4.78, 5) is 7.34. The number of fused-ring (bicyclic) bond motifs is 6. The molecule has 0 spiro atoms. The molecule has 23 heavy (non-hydrogen) atoms. The van der Waals surface area contributed by atoms with Crippen molar-refractivity contribution >= 4 is 16.9 Å². The summed E-state index contributed by atoms with van der Waals surface area (Å²) in [5, 5.41) is 1.04. The lowest BCUT2D eigenvalue weighted by atomic mass is 9.86. The average molecular weight is 326 g/mol. The Bertz CT molecular complexity index is 807. The van der Waals surface area contributed by atoms with Crippen LogP contribution >= 0.6 is 11.8 Å². The Hall–Kier alpha value is -2.01. The van der Waals surface area contributed by atoms with Crippen LogP contribution in [0.15, 0.2) is 53.5 Å². The Morgan fingerprint density at radius 1 is 1.17 bits per heavy atom. The topological polar surface area (TPSA) is 24.8 Å². The molecule has 0 saturated carbocycles. The molecule has 2 aromatic carbocycles. The van der Waals surface area contributed by atoms with E-state index in [9.17, 15) is 4.39 Å². The van der Waals surface area contributed by atoms with Crippen LogP contribution in [0.3, 0.4) is 0 Å². The molecule has 5 rings (SSSR count). The highest BCUT2D eigenvalue weighted by Gasteiger charge is 2.50. The smallest absolute Gasteiger partial charge is 0.231 e. The summed E-state index contributed by atoms with van der Waals surface area (Å²) in [6.07, 6.45) is 0.764. The quantitative estimate of drug-likeness (QED) is 0.794. The van der Waals surface area contributed by atoms with Crippen LogP contribution in [0.1, 0.15) is 23.6 Å². The van der Waals surface area contributed by atoms with Gasteiger partial charge >= 0.3 is 0 Å². The summed E-state index contributed by atoms with van der Waals surface area (Å²) in [5.41, 5.74) is 1.40. The molecule has 0 unspecified atom stereocenters. The molecule has 2 aromatic rings. The molecule has 1 saturated heterocycles. The van der Waals surface area contributed by atoms with E-state index in [0.717, 1.165) is 35.2 Å². The number of amidine groups is 1. The maximum atomic E-state index is 13.3. The molecule has 3 aliphatic rings. The molecule has 0 aliphatic carbocycles. The second kappa shape index (κ2) is 4.74. The highest BCUT2D eigenvalue weighted by atomic mass is 32.2. The second-order valence-electron chi connectivity index (χ2n) is 6.09. The normalized spacial score (nSPS) is 27.8. The molecule has 3 nitrogen and oxygen atoms in total. The third kappa shape index (κ3) is 1.92. The summed E-state index contributed by atoms with van der Waals surface area (Å²) in [6.45, 7) is 1.02. The van der Waals surface area contributed by atoms with Gasteiger partial charge in [-0.15, -0.1) is 0 Å². The molecule has 0 amide bonds. The van der Waals surface area contributed by atoms with Gasteiger partial charge in [-0.3, -0.25) is 0 Å². The van der Waals surface area contributed by atoms with E-state index in [-0.39, 0.29) is 11.9 Å². The highest BCUT2D eigenvalue weighted by Crippen LogP contribution is 2.52. The minimum absolute atomic E-state index is 0.238. The van der Waals surface area contributed by atoms with Crippen molar-refractivity contribution in [2.24, 2.45) is 4.99 Å². The lowest BCUT2D eigenvalue weighted by molar-refractivity contribution is 0.00723. The van der Waals surface area contributed by atoms with Gasteiger partial charge in [-0.2, -0.15) is 0 Å². The van der Waals surface area contributed by atoms with Crippen molar-refractivity contribution in [2.75, 3.05) is 12.3 Å². The number of rotatable bonds is 1. The summed E-state index contributed by atoms with van der Waals surface area (Å²) in [6, 6.07) is 15.0. The first-order chi connectivity index (χ1) is 11.3. The van der Waals surface area contributed by atoms with Gasteiger partial charge in [0.2, 0.25) is 5.72 Å². The number of para-hydroxylation sites is 1. The summed E-state index contributed by atoms with van der Waals surface area (Å²) < 4.78 is 19.7. The Morgan fingerprint density at radius 3 is 2.87 bits per heavy atom. The van der Waals surface area contributed by atoms with E-state index in [4.69, 9.17) is 9.73 Å². The molecule has 116 valence electrons. The van der Waals surface area contributed by atoms with Crippen molar-refractivity contribution in [3.05, 3.63) is 65.5 Å². The fourth-order valence-corrected chi connectivity index (χ4v) is 4.76. The molecule has 3 aliphatic heterocycles. The van der Waals surface area contributed by atoms with E-state index in [2.05, 4.69) is 17.0 Å². The van der Waals surface area contributed by atoms with Crippen molar-refractivity contribution in [1.82, 2.24) is 4.90 Å². The van der Waals surface area contributed by atoms with Crippen LogP contribution in [0.4, 0.5) is 4.39 Å². The van der Waals surface area contributed by atoms with Gasteiger partial charge in [0.15, 0.2) is 5.17 Å². The van der Waals surface area contributed by atoms with Gasteiger partial charge in [0.05, 0.1) is 6.04 Å². The van der Waals surface area contributed by atoms with Gasteiger partial charge < -0.3 is 9.64 Å². The van der Waals surface area contributed by atoms with Gasteiger partial charge in [0.1, 0.15) is 11.6 Å². The lowest BCUT2D eigenvalue weighted by Crippen LogP contribution is -2.48. The molecule has 5 heteroatoms.